The Bertz CT molecular complexity index is 765. The van der Waals surface area contributed by atoms with Crippen LogP contribution in [0.5, 0.6) is 0 Å². The molecular formula is C21H27NO5. The molecule has 0 spiro atoms. The van der Waals surface area contributed by atoms with Gasteiger partial charge in [0.15, 0.2) is 0 Å². The van der Waals surface area contributed by atoms with E-state index < -0.39 is 17.4 Å². The van der Waals surface area contributed by atoms with Crippen molar-refractivity contribution in [3.05, 3.63) is 41.1 Å². The van der Waals surface area contributed by atoms with Gasteiger partial charge in [0.1, 0.15) is 11.2 Å². The van der Waals surface area contributed by atoms with Crippen LogP contribution in [0.4, 0.5) is 5.69 Å². The smallest absolute Gasteiger partial charge is 0.335 e. The zero-order chi connectivity index (χ0) is 20.2. The summed E-state index contributed by atoms with van der Waals surface area (Å²) < 4.78 is 10.4. The topological polar surface area (TPSA) is 72.9 Å². The van der Waals surface area contributed by atoms with Crippen LogP contribution in [0.3, 0.4) is 0 Å². The van der Waals surface area contributed by atoms with Gasteiger partial charge >= 0.3 is 11.9 Å². The second kappa shape index (κ2) is 8.37. The number of carbonyl (C=O) groups excluding carboxylic acids is 3. The summed E-state index contributed by atoms with van der Waals surface area (Å²) in [5.41, 5.74) is 1.45. The minimum atomic E-state index is -1.44. The van der Waals surface area contributed by atoms with E-state index in [0.29, 0.717) is 11.3 Å². The molecule has 0 radical (unpaired) electrons. The average molecular weight is 373 g/mol. The fourth-order valence-electron chi connectivity index (χ4n) is 3.27. The third kappa shape index (κ3) is 4.04. The first-order valence-corrected chi connectivity index (χ1v) is 9.16. The van der Waals surface area contributed by atoms with Gasteiger partial charge in [-0.1, -0.05) is 17.7 Å². The fourth-order valence-corrected chi connectivity index (χ4v) is 3.27. The molecule has 0 bridgehead atoms. The van der Waals surface area contributed by atoms with Crippen molar-refractivity contribution in [1.82, 2.24) is 0 Å². The monoisotopic (exact) mass is 373 g/mol. The third-order valence-electron chi connectivity index (χ3n) is 4.96. The van der Waals surface area contributed by atoms with Crippen molar-refractivity contribution in [3.8, 4) is 0 Å². The van der Waals surface area contributed by atoms with E-state index >= 15 is 0 Å². The van der Waals surface area contributed by atoms with Crippen LogP contribution < -0.4 is 4.90 Å². The highest BCUT2D eigenvalue weighted by Crippen LogP contribution is 2.40. The van der Waals surface area contributed by atoms with E-state index in [-0.39, 0.29) is 32.0 Å². The summed E-state index contributed by atoms with van der Waals surface area (Å²) in [7, 11) is 0. The van der Waals surface area contributed by atoms with Crippen molar-refractivity contribution in [3.63, 3.8) is 0 Å². The molecule has 1 unspecified atom stereocenters. The lowest BCUT2D eigenvalue weighted by Crippen LogP contribution is -2.52. The lowest BCUT2D eigenvalue weighted by molar-refractivity contribution is -0.159. The number of Topliss-reactive ketones (excluding diaryl/α,β-unsaturated/α-hetero) is 1. The van der Waals surface area contributed by atoms with Crippen LogP contribution >= 0.6 is 0 Å². The van der Waals surface area contributed by atoms with Crippen LogP contribution in [-0.4, -0.2) is 37.5 Å². The number of ether oxygens (including phenoxy) is 2. The molecule has 2 rings (SSSR count). The highest BCUT2D eigenvalue weighted by atomic mass is 16.5. The fraction of sp³-hybridized carbons (Fsp3) is 0.476. The van der Waals surface area contributed by atoms with Gasteiger partial charge in [0, 0.05) is 24.4 Å². The Balaban J connectivity index is 2.61. The molecule has 1 aromatic carbocycles. The van der Waals surface area contributed by atoms with Gasteiger partial charge in [-0.15, -0.1) is 0 Å². The second-order valence-electron chi connectivity index (χ2n) is 6.74. The summed E-state index contributed by atoms with van der Waals surface area (Å²) in [5, 5.41) is 0. The number of allylic oxidation sites excluding steroid dienone is 1. The Kier molecular flexibility index (Phi) is 6.41. The molecule has 0 saturated carbocycles. The van der Waals surface area contributed by atoms with Crippen LogP contribution in [0.15, 0.2) is 35.5 Å². The van der Waals surface area contributed by atoms with Crippen LogP contribution in [0.2, 0.25) is 0 Å². The molecule has 1 aliphatic rings. The van der Waals surface area contributed by atoms with Gasteiger partial charge in [-0.05, 0) is 46.8 Å². The van der Waals surface area contributed by atoms with E-state index in [9.17, 15) is 14.4 Å². The zero-order valence-electron chi connectivity index (χ0n) is 16.6. The number of ketones is 1. The van der Waals surface area contributed by atoms with Gasteiger partial charge in [-0.25, -0.2) is 4.79 Å². The van der Waals surface area contributed by atoms with E-state index in [1.54, 1.807) is 20.8 Å². The van der Waals surface area contributed by atoms with Gasteiger partial charge < -0.3 is 14.4 Å². The summed E-state index contributed by atoms with van der Waals surface area (Å²) in [6, 6.07) is 7.70. The van der Waals surface area contributed by atoms with Crippen molar-refractivity contribution in [2.24, 2.45) is 5.41 Å². The number of rotatable bonds is 6. The van der Waals surface area contributed by atoms with Gasteiger partial charge in [0.25, 0.3) is 0 Å². The predicted molar refractivity (Wildman–Crippen MR) is 102 cm³/mol. The van der Waals surface area contributed by atoms with Gasteiger partial charge in [-0.2, -0.15) is 0 Å². The second-order valence-corrected chi connectivity index (χ2v) is 6.74. The summed E-state index contributed by atoms with van der Waals surface area (Å²) in [6.07, 6.45) is -0.0196. The van der Waals surface area contributed by atoms with Crippen molar-refractivity contribution >= 4 is 23.4 Å². The highest BCUT2D eigenvalue weighted by molar-refractivity contribution is 6.06. The van der Waals surface area contributed by atoms with Crippen LogP contribution in [0.25, 0.3) is 0 Å². The first-order chi connectivity index (χ1) is 12.8. The van der Waals surface area contributed by atoms with Gasteiger partial charge in [0.05, 0.1) is 18.8 Å². The van der Waals surface area contributed by atoms with E-state index in [2.05, 4.69) is 0 Å². The van der Waals surface area contributed by atoms with Gasteiger partial charge in [0.2, 0.25) is 0 Å². The quantitative estimate of drug-likeness (QED) is 0.563. The molecule has 1 atom stereocenters. The van der Waals surface area contributed by atoms with E-state index in [1.165, 1.54) is 6.92 Å². The lowest BCUT2D eigenvalue weighted by atomic mass is 9.74. The van der Waals surface area contributed by atoms with Crippen molar-refractivity contribution < 1.29 is 23.9 Å². The molecule has 146 valence electrons. The first kappa shape index (κ1) is 20.7. The largest absolute Gasteiger partial charge is 0.465 e. The first-order valence-electron chi connectivity index (χ1n) is 9.16. The minimum absolute atomic E-state index is 0.0196. The number of anilines is 1. The molecule has 27 heavy (non-hydrogen) atoms. The Morgan fingerprint density at radius 2 is 1.63 bits per heavy atom. The lowest BCUT2D eigenvalue weighted by Gasteiger charge is -2.41. The number of hydrogen-bond donors (Lipinski definition) is 0. The standard InChI is InChI=1S/C21H27NO5/c1-6-26-19(24)18-12-21(16(5)23,20(25)27-7-2)13-22(15(18)4)17-10-8-14(3)9-11-17/h8-11H,6-7,12-13H2,1-5H3. The summed E-state index contributed by atoms with van der Waals surface area (Å²) >= 11 is 0. The molecule has 1 heterocycles. The SMILES string of the molecule is CCOC(=O)C1=C(C)N(c2ccc(C)cc2)CC(C(C)=O)(C(=O)OCC)C1. The van der Waals surface area contributed by atoms with Crippen LogP contribution in [0, 0.1) is 12.3 Å². The molecule has 0 N–H and O–H groups in total. The maximum atomic E-state index is 12.8. The summed E-state index contributed by atoms with van der Waals surface area (Å²) in [4.78, 5) is 39.8. The van der Waals surface area contributed by atoms with Gasteiger partial charge in [-0.3, -0.25) is 9.59 Å². The predicted octanol–water partition coefficient (Wildman–Crippen LogP) is 3.18. The molecular weight excluding hydrogens is 346 g/mol. The number of nitrogens with zero attached hydrogens (tertiary/aromatic N) is 1. The Morgan fingerprint density at radius 3 is 2.15 bits per heavy atom. The minimum Gasteiger partial charge on any atom is -0.465 e. The molecule has 0 aromatic heterocycles. The highest BCUT2D eigenvalue weighted by Gasteiger charge is 2.51. The van der Waals surface area contributed by atoms with E-state index in [0.717, 1.165) is 11.3 Å². The zero-order valence-corrected chi connectivity index (χ0v) is 16.6. The average Bonchev–Trinajstić information content (AvgIpc) is 2.63. The third-order valence-corrected chi connectivity index (χ3v) is 4.96. The number of hydrogen-bond acceptors (Lipinski definition) is 6. The summed E-state index contributed by atoms with van der Waals surface area (Å²) in [6.45, 7) is 9.07. The molecule has 1 aliphatic heterocycles. The van der Waals surface area contributed by atoms with Crippen molar-refractivity contribution in [2.75, 3.05) is 24.7 Å². The molecule has 0 fully saturated rings. The molecule has 6 nitrogen and oxygen atoms in total. The van der Waals surface area contributed by atoms with Crippen LogP contribution in [0.1, 0.15) is 39.7 Å². The maximum Gasteiger partial charge on any atom is 0.335 e. The van der Waals surface area contributed by atoms with Crippen molar-refractivity contribution in [1.29, 1.82) is 0 Å². The number of benzene rings is 1. The van der Waals surface area contributed by atoms with E-state index in [4.69, 9.17) is 9.47 Å². The maximum absolute atomic E-state index is 12.8. The Labute approximate surface area is 160 Å². The molecule has 1 aromatic rings. The Morgan fingerprint density at radius 1 is 1.04 bits per heavy atom. The molecule has 0 saturated heterocycles. The van der Waals surface area contributed by atoms with E-state index in [1.807, 2.05) is 36.1 Å². The number of aryl methyl sites for hydroxylation is 1. The molecule has 0 aliphatic carbocycles. The summed E-state index contributed by atoms with van der Waals surface area (Å²) in [5.74, 6) is -1.45. The number of carbonyl (C=O) groups is 3. The number of esters is 2. The molecule has 6 heteroatoms. The normalized spacial score (nSPS) is 19.7. The van der Waals surface area contributed by atoms with Crippen LogP contribution in [-0.2, 0) is 23.9 Å². The Hall–Kier alpha value is -2.63. The molecule has 0 amide bonds. The van der Waals surface area contributed by atoms with Crippen molar-refractivity contribution in [2.45, 2.75) is 41.0 Å².